The highest BCUT2D eigenvalue weighted by Gasteiger charge is 2.13. The standard InChI is InChI=1S/C17H24N2O4S/c1-3-5-13-23-14-6-12-18-17(20)15-7-9-16(10-8-15)24(21,22)19-11-4-2/h2,7-10,19H,3,5-6,11-14H2,1H3,(H,18,20). The van der Waals surface area contributed by atoms with Gasteiger partial charge in [-0.1, -0.05) is 19.3 Å². The van der Waals surface area contributed by atoms with E-state index < -0.39 is 10.0 Å². The summed E-state index contributed by atoms with van der Waals surface area (Å²) in [7, 11) is -3.64. The molecule has 7 heteroatoms. The van der Waals surface area contributed by atoms with Crippen molar-refractivity contribution in [2.75, 3.05) is 26.3 Å². The van der Waals surface area contributed by atoms with Gasteiger partial charge >= 0.3 is 0 Å². The quantitative estimate of drug-likeness (QED) is 0.467. The summed E-state index contributed by atoms with van der Waals surface area (Å²) in [5.74, 6) is 1.96. The molecule has 0 bridgehead atoms. The summed E-state index contributed by atoms with van der Waals surface area (Å²) in [6.07, 6.45) is 7.90. The van der Waals surface area contributed by atoms with Crippen molar-refractivity contribution < 1.29 is 17.9 Å². The van der Waals surface area contributed by atoms with Crippen LogP contribution in [-0.2, 0) is 14.8 Å². The van der Waals surface area contributed by atoms with E-state index in [0.29, 0.717) is 18.7 Å². The number of rotatable bonds is 11. The Labute approximate surface area is 144 Å². The van der Waals surface area contributed by atoms with Crippen molar-refractivity contribution in [3.63, 3.8) is 0 Å². The Hall–Kier alpha value is -1.88. The molecule has 6 nitrogen and oxygen atoms in total. The lowest BCUT2D eigenvalue weighted by atomic mass is 10.2. The molecule has 0 fully saturated rings. The Morgan fingerprint density at radius 1 is 1.21 bits per heavy atom. The molecule has 0 spiro atoms. The fourth-order valence-corrected chi connectivity index (χ4v) is 2.77. The Morgan fingerprint density at radius 3 is 2.50 bits per heavy atom. The van der Waals surface area contributed by atoms with Crippen molar-refractivity contribution >= 4 is 15.9 Å². The number of benzene rings is 1. The minimum absolute atomic E-state index is 0.0682. The molecule has 0 heterocycles. The molecule has 1 aromatic carbocycles. The molecule has 0 aliphatic rings. The van der Waals surface area contributed by atoms with Crippen molar-refractivity contribution in [2.45, 2.75) is 31.1 Å². The first-order chi connectivity index (χ1) is 11.5. The van der Waals surface area contributed by atoms with Crippen molar-refractivity contribution in [3.05, 3.63) is 29.8 Å². The summed E-state index contributed by atoms with van der Waals surface area (Å²) < 4.78 is 31.4. The number of carbonyl (C=O) groups excluding carboxylic acids is 1. The van der Waals surface area contributed by atoms with Crippen LogP contribution < -0.4 is 10.0 Å². The summed E-state index contributed by atoms with van der Waals surface area (Å²) in [6, 6.07) is 5.69. The topological polar surface area (TPSA) is 84.5 Å². The van der Waals surface area contributed by atoms with Gasteiger partial charge in [-0.05, 0) is 37.1 Å². The molecule has 0 atom stereocenters. The van der Waals surface area contributed by atoms with E-state index in [0.717, 1.165) is 25.9 Å². The van der Waals surface area contributed by atoms with Gasteiger partial charge in [0.05, 0.1) is 11.4 Å². The van der Waals surface area contributed by atoms with E-state index in [9.17, 15) is 13.2 Å². The predicted molar refractivity (Wildman–Crippen MR) is 93.1 cm³/mol. The number of unbranched alkanes of at least 4 members (excludes halogenated alkanes) is 1. The van der Waals surface area contributed by atoms with Crippen LogP contribution in [0.15, 0.2) is 29.2 Å². The van der Waals surface area contributed by atoms with Crippen LogP contribution >= 0.6 is 0 Å². The highest BCUT2D eigenvalue weighted by atomic mass is 32.2. The summed E-state index contributed by atoms with van der Waals surface area (Å²) in [5.41, 5.74) is 0.401. The van der Waals surface area contributed by atoms with Crippen LogP contribution in [0.2, 0.25) is 0 Å². The second kappa shape index (κ2) is 10.8. The average molecular weight is 352 g/mol. The molecule has 0 saturated heterocycles. The molecule has 1 rings (SSSR count). The predicted octanol–water partition coefficient (Wildman–Crippen LogP) is 1.53. The smallest absolute Gasteiger partial charge is 0.251 e. The molecule has 0 aliphatic heterocycles. The number of hydrogen-bond donors (Lipinski definition) is 2. The van der Waals surface area contributed by atoms with Gasteiger partial charge in [0.2, 0.25) is 10.0 Å². The molecular formula is C17H24N2O4S. The van der Waals surface area contributed by atoms with Gasteiger partial charge in [-0.3, -0.25) is 4.79 Å². The van der Waals surface area contributed by atoms with Crippen LogP contribution in [0, 0.1) is 12.3 Å². The van der Waals surface area contributed by atoms with Crippen LogP contribution in [0.3, 0.4) is 0 Å². The van der Waals surface area contributed by atoms with Gasteiger partial charge < -0.3 is 10.1 Å². The minimum atomic E-state index is -3.64. The summed E-state index contributed by atoms with van der Waals surface area (Å²) in [4.78, 5) is 12.0. The number of sulfonamides is 1. The number of carbonyl (C=O) groups is 1. The normalized spacial score (nSPS) is 11.0. The third-order valence-corrected chi connectivity index (χ3v) is 4.60. The first-order valence-corrected chi connectivity index (χ1v) is 9.38. The zero-order valence-electron chi connectivity index (χ0n) is 13.9. The van der Waals surface area contributed by atoms with Gasteiger partial charge in [0, 0.05) is 25.3 Å². The van der Waals surface area contributed by atoms with Crippen molar-refractivity contribution in [1.82, 2.24) is 10.0 Å². The molecule has 0 aliphatic carbocycles. The van der Waals surface area contributed by atoms with Crippen LogP contribution in [0.1, 0.15) is 36.5 Å². The summed E-state index contributed by atoms with van der Waals surface area (Å²) >= 11 is 0. The zero-order valence-corrected chi connectivity index (χ0v) is 14.7. The Balaban J connectivity index is 2.43. The van der Waals surface area contributed by atoms with Gasteiger partial charge in [0.25, 0.3) is 5.91 Å². The van der Waals surface area contributed by atoms with E-state index in [1.54, 1.807) is 0 Å². The Kier molecular flexibility index (Phi) is 9.08. The lowest BCUT2D eigenvalue weighted by Crippen LogP contribution is -2.26. The van der Waals surface area contributed by atoms with E-state index in [2.05, 4.69) is 22.9 Å². The third kappa shape index (κ3) is 7.13. The molecule has 0 radical (unpaired) electrons. The molecule has 0 unspecified atom stereocenters. The summed E-state index contributed by atoms with van der Waals surface area (Å²) in [5, 5.41) is 2.77. The minimum Gasteiger partial charge on any atom is -0.381 e. The molecule has 2 N–H and O–H groups in total. The van der Waals surface area contributed by atoms with Gasteiger partial charge in [0.15, 0.2) is 0 Å². The fraction of sp³-hybridized carbons (Fsp3) is 0.471. The number of amides is 1. The van der Waals surface area contributed by atoms with Crippen LogP contribution in [0.25, 0.3) is 0 Å². The SMILES string of the molecule is C#CCNS(=O)(=O)c1ccc(C(=O)NCCCOCCCC)cc1. The molecule has 24 heavy (non-hydrogen) atoms. The molecule has 1 aromatic rings. The van der Waals surface area contributed by atoms with Crippen LogP contribution in [0.4, 0.5) is 0 Å². The van der Waals surface area contributed by atoms with Crippen molar-refractivity contribution in [3.8, 4) is 12.3 Å². The molecule has 1 amide bonds. The van der Waals surface area contributed by atoms with Crippen molar-refractivity contribution in [2.24, 2.45) is 0 Å². The molecule has 0 saturated carbocycles. The second-order valence-electron chi connectivity index (χ2n) is 5.13. The van der Waals surface area contributed by atoms with Gasteiger partial charge in [0.1, 0.15) is 0 Å². The van der Waals surface area contributed by atoms with E-state index in [4.69, 9.17) is 11.2 Å². The molecule has 0 aromatic heterocycles. The van der Waals surface area contributed by atoms with Gasteiger partial charge in [-0.25, -0.2) is 8.42 Å². The lowest BCUT2D eigenvalue weighted by molar-refractivity contribution is 0.0940. The fourth-order valence-electron chi connectivity index (χ4n) is 1.83. The van der Waals surface area contributed by atoms with E-state index in [-0.39, 0.29) is 17.3 Å². The maximum Gasteiger partial charge on any atom is 0.251 e. The van der Waals surface area contributed by atoms with Gasteiger partial charge in [-0.15, -0.1) is 6.42 Å². The number of hydrogen-bond acceptors (Lipinski definition) is 4. The average Bonchev–Trinajstić information content (AvgIpc) is 2.59. The first-order valence-electron chi connectivity index (χ1n) is 7.90. The van der Waals surface area contributed by atoms with Crippen molar-refractivity contribution in [1.29, 1.82) is 0 Å². The second-order valence-corrected chi connectivity index (χ2v) is 6.90. The summed E-state index contributed by atoms with van der Waals surface area (Å²) in [6.45, 7) is 3.89. The van der Waals surface area contributed by atoms with E-state index >= 15 is 0 Å². The maximum absolute atomic E-state index is 12.0. The van der Waals surface area contributed by atoms with Gasteiger partial charge in [-0.2, -0.15) is 4.72 Å². The molecule has 132 valence electrons. The number of terminal acetylenes is 1. The largest absolute Gasteiger partial charge is 0.381 e. The zero-order chi connectivity index (χ0) is 17.8. The lowest BCUT2D eigenvalue weighted by Gasteiger charge is -2.07. The Bertz CT molecular complexity index is 648. The first kappa shape index (κ1) is 20.2. The highest BCUT2D eigenvalue weighted by Crippen LogP contribution is 2.10. The number of ether oxygens (including phenoxy) is 1. The van der Waals surface area contributed by atoms with Crippen LogP contribution in [0.5, 0.6) is 0 Å². The number of nitrogens with one attached hydrogen (secondary N) is 2. The molecular weight excluding hydrogens is 328 g/mol. The van der Waals surface area contributed by atoms with Crippen LogP contribution in [-0.4, -0.2) is 40.6 Å². The third-order valence-electron chi connectivity index (χ3n) is 3.18. The van der Waals surface area contributed by atoms with E-state index in [1.165, 1.54) is 24.3 Å². The Morgan fingerprint density at radius 2 is 1.88 bits per heavy atom. The van der Waals surface area contributed by atoms with E-state index in [1.807, 2.05) is 0 Å². The maximum atomic E-state index is 12.0. The highest BCUT2D eigenvalue weighted by molar-refractivity contribution is 7.89. The monoisotopic (exact) mass is 352 g/mol.